The third-order valence-corrected chi connectivity index (χ3v) is 1.53. The number of anilines is 1. The molecule has 0 radical (unpaired) electrons. The lowest BCUT2D eigenvalue weighted by atomic mass is 10.1. The van der Waals surface area contributed by atoms with Crippen molar-refractivity contribution in [2.75, 3.05) is 5.73 Å². The van der Waals surface area contributed by atoms with Crippen molar-refractivity contribution in [2.45, 2.75) is 12.2 Å². The summed E-state index contributed by atoms with van der Waals surface area (Å²) in [4.78, 5) is 3.76. The topological polar surface area (TPSA) is 103 Å². The highest BCUT2D eigenvalue weighted by Gasteiger charge is 2.18. The molecule has 1 rings (SSSR count). The van der Waals surface area contributed by atoms with E-state index in [9.17, 15) is 5.11 Å². The van der Waals surface area contributed by atoms with Gasteiger partial charge in [0.15, 0.2) is 6.10 Å². The number of pyridine rings is 1. The van der Waals surface area contributed by atoms with Gasteiger partial charge in [-0.1, -0.05) is 6.07 Å². The molecule has 5 nitrogen and oxygen atoms in total. The molecule has 1 aromatic rings. The lowest BCUT2D eigenvalue weighted by molar-refractivity contribution is 0.0500. The van der Waals surface area contributed by atoms with Gasteiger partial charge in [-0.3, -0.25) is 0 Å². The molecule has 1 aromatic heterocycles. The summed E-state index contributed by atoms with van der Waals surface area (Å²) in [6.45, 7) is 0. The fourth-order valence-corrected chi connectivity index (χ4v) is 0.866. The number of nitrogens with two attached hydrogens (primary N) is 1. The van der Waals surface area contributed by atoms with Crippen molar-refractivity contribution < 1.29 is 10.2 Å². The zero-order valence-electron chi connectivity index (χ0n) is 6.75. The van der Waals surface area contributed by atoms with Gasteiger partial charge in [-0.15, -0.1) is 0 Å². The zero-order chi connectivity index (χ0) is 9.84. The van der Waals surface area contributed by atoms with Gasteiger partial charge in [-0.2, -0.15) is 5.26 Å². The quantitative estimate of drug-likeness (QED) is 0.535. The van der Waals surface area contributed by atoms with Gasteiger partial charge >= 0.3 is 0 Å². The molecule has 0 bridgehead atoms. The maximum Gasteiger partial charge on any atom is 0.171 e. The Morgan fingerprint density at radius 2 is 2.15 bits per heavy atom. The Labute approximate surface area is 75.1 Å². The van der Waals surface area contributed by atoms with Crippen LogP contribution in [-0.4, -0.2) is 21.3 Å². The van der Waals surface area contributed by atoms with Crippen molar-refractivity contribution in [1.29, 1.82) is 5.26 Å². The molecule has 0 fully saturated rings. The summed E-state index contributed by atoms with van der Waals surface area (Å²) in [5.74, 6) is 0.238. The average molecular weight is 179 g/mol. The second-order valence-electron chi connectivity index (χ2n) is 2.51. The van der Waals surface area contributed by atoms with Gasteiger partial charge < -0.3 is 15.9 Å². The number of nitrogens with zero attached hydrogens (tertiary/aromatic N) is 2. The molecular formula is C8H9N3O2. The third kappa shape index (κ3) is 2.15. The third-order valence-electron chi connectivity index (χ3n) is 1.53. The van der Waals surface area contributed by atoms with E-state index >= 15 is 0 Å². The lowest BCUT2D eigenvalue weighted by Gasteiger charge is -2.10. The van der Waals surface area contributed by atoms with Crippen LogP contribution in [0.5, 0.6) is 0 Å². The minimum atomic E-state index is -1.48. The Kier molecular flexibility index (Phi) is 2.80. The molecule has 5 heteroatoms. The van der Waals surface area contributed by atoms with E-state index in [2.05, 4.69) is 4.98 Å². The van der Waals surface area contributed by atoms with Gasteiger partial charge in [-0.25, -0.2) is 4.98 Å². The van der Waals surface area contributed by atoms with E-state index in [0.717, 1.165) is 0 Å². The van der Waals surface area contributed by atoms with Crippen molar-refractivity contribution in [3.63, 3.8) is 0 Å². The van der Waals surface area contributed by atoms with Crippen LogP contribution in [0.2, 0.25) is 0 Å². The first-order valence-corrected chi connectivity index (χ1v) is 3.63. The van der Waals surface area contributed by atoms with E-state index in [4.69, 9.17) is 16.1 Å². The van der Waals surface area contributed by atoms with E-state index in [1.807, 2.05) is 0 Å². The molecule has 0 spiro atoms. The summed E-state index contributed by atoms with van der Waals surface area (Å²) in [5, 5.41) is 26.6. The number of hydrogen-bond donors (Lipinski definition) is 3. The standard InChI is InChI=1S/C8H9N3O2/c9-4-6(12)8(13)5-2-1-3-7(10)11-5/h1-3,6,8,12-13H,(H2,10,11). The van der Waals surface area contributed by atoms with Gasteiger partial charge in [0.25, 0.3) is 0 Å². The van der Waals surface area contributed by atoms with Gasteiger partial charge in [0.2, 0.25) is 0 Å². The SMILES string of the molecule is N#CC(O)C(O)c1cccc(N)n1. The summed E-state index contributed by atoms with van der Waals surface area (Å²) in [7, 11) is 0. The van der Waals surface area contributed by atoms with E-state index in [1.54, 1.807) is 12.1 Å². The fraction of sp³-hybridized carbons (Fsp3) is 0.250. The second kappa shape index (κ2) is 3.85. The monoisotopic (exact) mass is 179 g/mol. The Hall–Kier alpha value is -1.64. The Bertz CT molecular complexity index is 334. The molecule has 0 aromatic carbocycles. The van der Waals surface area contributed by atoms with E-state index in [0.29, 0.717) is 0 Å². The predicted octanol–water partition coefficient (Wildman–Crippen LogP) is -0.418. The number of nitrogen functional groups attached to an aromatic ring is 1. The smallest absolute Gasteiger partial charge is 0.171 e. The van der Waals surface area contributed by atoms with Crippen LogP contribution in [0, 0.1) is 11.3 Å². The molecule has 13 heavy (non-hydrogen) atoms. The summed E-state index contributed by atoms with van der Waals surface area (Å²) in [5.41, 5.74) is 5.54. The molecule has 1 heterocycles. The van der Waals surface area contributed by atoms with Crippen LogP contribution in [0.1, 0.15) is 11.8 Å². The molecule has 2 atom stereocenters. The number of aromatic nitrogens is 1. The van der Waals surface area contributed by atoms with Crippen molar-refractivity contribution in [3.8, 4) is 6.07 Å². The van der Waals surface area contributed by atoms with Crippen molar-refractivity contribution in [3.05, 3.63) is 23.9 Å². The van der Waals surface area contributed by atoms with Crippen LogP contribution in [0.25, 0.3) is 0 Å². The molecule has 0 saturated heterocycles. The van der Waals surface area contributed by atoms with Gasteiger partial charge in [0.1, 0.15) is 11.9 Å². The van der Waals surface area contributed by atoms with Gasteiger partial charge in [0.05, 0.1) is 11.8 Å². The van der Waals surface area contributed by atoms with Crippen LogP contribution in [-0.2, 0) is 0 Å². The van der Waals surface area contributed by atoms with Crippen LogP contribution >= 0.6 is 0 Å². The van der Waals surface area contributed by atoms with Gasteiger partial charge in [0, 0.05) is 0 Å². The summed E-state index contributed by atoms with van der Waals surface area (Å²) in [6, 6.07) is 6.13. The predicted molar refractivity (Wildman–Crippen MR) is 45.2 cm³/mol. The highest BCUT2D eigenvalue weighted by Crippen LogP contribution is 2.14. The van der Waals surface area contributed by atoms with E-state index in [1.165, 1.54) is 12.1 Å². The fourth-order valence-electron chi connectivity index (χ4n) is 0.866. The first-order valence-electron chi connectivity index (χ1n) is 3.63. The number of nitriles is 1. The number of aliphatic hydroxyl groups is 2. The Balaban J connectivity index is 2.90. The largest absolute Gasteiger partial charge is 0.384 e. The maximum absolute atomic E-state index is 9.32. The first-order chi connectivity index (χ1) is 6.15. The number of rotatable bonds is 2. The van der Waals surface area contributed by atoms with Crippen LogP contribution < -0.4 is 5.73 Å². The second-order valence-corrected chi connectivity index (χ2v) is 2.51. The summed E-state index contributed by atoms with van der Waals surface area (Å²) >= 11 is 0. The molecule has 0 aliphatic heterocycles. The summed E-state index contributed by atoms with van der Waals surface area (Å²) in [6.07, 6.45) is -2.79. The van der Waals surface area contributed by atoms with Gasteiger partial charge in [-0.05, 0) is 12.1 Å². The molecule has 0 amide bonds. The minimum absolute atomic E-state index is 0.189. The zero-order valence-corrected chi connectivity index (χ0v) is 6.75. The molecule has 0 aliphatic carbocycles. The normalized spacial score (nSPS) is 14.5. The molecule has 4 N–H and O–H groups in total. The van der Waals surface area contributed by atoms with Crippen LogP contribution in [0.15, 0.2) is 18.2 Å². The van der Waals surface area contributed by atoms with Crippen LogP contribution in [0.4, 0.5) is 5.82 Å². The van der Waals surface area contributed by atoms with E-state index < -0.39 is 12.2 Å². The highest BCUT2D eigenvalue weighted by atomic mass is 16.3. The van der Waals surface area contributed by atoms with Crippen molar-refractivity contribution >= 4 is 5.82 Å². The molecular weight excluding hydrogens is 170 g/mol. The maximum atomic E-state index is 9.32. The summed E-state index contributed by atoms with van der Waals surface area (Å²) < 4.78 is 0. The van der Waals surface area contributed by atoms with Crippen molar-refractivity contribution in [1.82, 2.24) is 4.98 Å². The first kappa shape index (κ1) is 9.45. The number of hydrogen-bond acceptors (Lipinski definition) is 5. The van der Waals surface area contributed by atoms with E-state index in [-0.39, 0.29) is 11.5 Å². The minimum Gasteiger partial charge on any atom is -0.384 e. The van der Waals surface area contributed by atoms with Crippen LogP contribution in [0.3, 0.4) is 0 Å². The molecule has 0 saturated carbocycles. The van der Waals surface area contributed by atoms with Crippen molar-refractivity contribution in [2.24, 2.45) is 0 Å². The molecule has 68 valence electrons. The number of aliphatic hydroxyl groups excluding tert-OH is 2. The Morgan fingerprint density at radius 1 is 1.46 bits per heavy atom. The highest BCUT2D eigenvalue weighted by molar-refractivity contribution is 5.30. The lowest BCUT2D eigenvalue weighted by Crippen LogP contribution is -2.17. The average Bonchev–Trinajstić information content (AvgIpc) is 2.15. The Morgan fingerprint density at radius 3 is 2.69 bits per heavy atom. The molecule has 0 aliphatic rings. The molecule has 2 unspecified atom stereocenters.